The number of benzene rings is 2. The molecule has 0 atom stereocenters. The van der Waals surface area contributed by atoms with Crippen molar-refractivity contribution in [3.8, 4) is 5.75 Å². The SMILES string of the molecule is Cc1cccc(Cn2cc(NC(=O)c3ccc(COc4ccc(Cl)c(C)c4)o3)cn2)c1. The van der Waals surface area contributed by atoms with Crippen LogP contribution in [-0.2, 0) is 13.2 Å². The highest BCUT2D eigenvalue weighted by atomic mass is 35.5. The number of anilines is 1. The van der Waals surface area contributed by atoms with Gasteiger partial charge in [0.25, 0.3) is 5.91 Å². The van der Waals surface area contributed by atoms with E-state index in [0.29, 0.717) is 28.8 Å². The van der Waals surface area contributed by atoms with E-state index in [1.54, 1.807) is 41.3 Å². The monoisotopic (exact) mass is 435 g/mol. The molecule has 0 saturated carbocycles. The van der Waals surface area contributed by atoms with E-state index in [9.17, 15) is 4.79 Å². The number of rotatable bonds is 7. The molecule has 0 radical (unpaired) electrons. The van der Waals surface area contributed by atoms with Crippen LogP contribution in [0.5, 0.6) is 5.75 Å². The van der Waals surface area contributed by atoms with Gasteiger partial charge in [0.05, 0.1) is 18.4 Å². The Labute approximate surface area is 185 Å². The van der Waals surface area contributed by atoms with Crippen molar-refractivity contribution in [1.82, 2.24) is 9.78 Å². The molecule has 1 N–H and O–H groups in total. The zero-order valence-electron chi connectivity index (χ0n) is 17.3. The van der Waals surface area contributed by atoms with Gasteiger partial charge in [-0.3, -0.25) is 9.48 Å². The maximum atomic E-state index is 12.5. The number of hydrogen-bond donors (Lipinski definition) is 1. The molecule has 4 aromatic rings. The number of aryl methyl sites for hydroxylation is 2. The number of hydrogen-bond acceptors (Lipinski definition) is 4. The minimum Gasteiger partial charge on any atom is -0.486 e. The quantitative estimate of drug-likeness (QED) is 0.408. The molecule has 0 unspecified atom stereocenters. The first kappa shape index (κ1) is 20.8. The van der Waals surface area contributed by atoms with E-state index in [1.165, 1.54) is 5.56 Å². The van der Waals surface area contributed by atoms with Crippen LogP contribution in [0, 0.1) is 13.8 Å². The lowest BCUT2D eigenvalue weighted by Crippen LogP contribution is -2.10. The number of nitrogens with zero attached hydrogens (tertiary/aromatic N) is 2. The number of furan rings is 1. The fraction of sp³-hybridized carbons (Fsp3) is 0.167. The number of ether oxygens (including phenoxy) is 1. The average Bonchev–Trinajstić information content (AvgIpc) is 3.38. The largest absolute Gasteiger partial charge is 0.486 e. The van der Waals surface area contributed by atoms with E-state index in [2.05, 4.69) is 29.5 Å². The van der Waals surface area contributed by atoms with Crippen LogP contribution in [0.25, 0.3) is 0 Å². The number of halogens is 1. The molecule has 0 aliphatic carbocycles. The molecular weight excluding hydrogens is 414 g/mol. The van der Waals surface area contributed by atoms with Crippen molar-refractivity contribution in [2.75, 3.05) is 5.32 Å². The molecule has 6 nitrogen and oxygen atoms in total. The van der Waals surface area contributed by atoms with Crippen LogP contribution in [-0.4, -0.2) is 15.7 Å². The van der Waals surface area contributed by atoms with Crippen LogP contribution >= 0.6 is 11.6 Å². The summed E-state index contributed by atoms with van der Waals surface area (Å²) in [5.74, 6) is 1.10. The molecule has 7 heteroatoms. The van der Waals surface area contributed by atoms with Gasteiger partial charge in [-0.25, -0.2) is 0 Å². The normalized spacial score (nSPS) is 10.8. The lowest BCUT2D eigenvalue weighted by molar-refractivity contribution is 0.0992. The molecule has 4 rings (SSSR count). The minimum absolute atomic E-state index is 0.206. The number of nitrogens with one attached hydrogen (secondary N) is 1. The standard InChI is InChI=1S/C24H22ClN3O3/c1-16-4-3-5-18(10-16)13-28-14-19(12-26-28)27-24(29)23-9-7-21(31-23)15-30-20-6-8-22(25)17(2)11-20/h3-12,14H,13,15H2,1-2H3,(H,27,29). The van der Waals surface area contributed by atoms with E-state index < -0.39 is 0 Å². The van der Waals surface area contributed by atoms with Gasteiger partial charge in [0.2, 0.25) is 0 Å². The van der Waals surface area contributed by atoms with Crippen molar-refractivity contribution in [3.05, 3.63) is 100 Å². The predicted octanol–water partition coefficient (Wildman–Crippen LogP) is 5.63. The number of carbonyl (C=O) groups is 1. The molecule has 2 aromatic carbocycles. The van der Waals surface area contributed by atoms with Gasteiger partial charge >= 0.3 is 0 Å². The summed E-state index contributed by atoms with van der Waals surface area (Å²) in [6.07, 6.45) is 3.40. The molecule has 31 heavy (non-hydrogen) atoms. The summed E-state index contributed by atoms with van der Waals surface area (Å²) in [5, 5.41) is 7.80. The molecule has 2 aromatic heterocycles. The first-order valence-electron chi connectivity index (χ1n) is 9.83. The van der Waals surface area contributed by atoms with Gasteiger partial charge in [-0.1, -0.05) is 41.4 Å². The smallest absolute Gasteiger partial charge is 0.291 e. The summed E-state index contributed by atoms with van der Waals surface area (Å²) in [6.45, 7) is 4.80. The lowest BCUT2D eigenvalue weighted by Gasteiger charge is -2.06. The maximum Gasteiger partial charge on any atom is 0.291 e. The summed E-state index contributed by atoms with van der Waals surface area (Å²) in [5.41, 5.74) is 3.87. The first-order chi connectivity index (χ1) is 15.0. The summed E-state index contributed by atoms with van der Waals surface area (Å²) < 4.78 is 13.1. The molecule has 0 aliphatic heterocycles. The highest BCUT2D eigenvalue weighted by molar-refractivity contribution is 6.31. The van der Waals surface area contributed by atoms with E-state index in [1.807, 2.05) is 25.1 Å². The van der Waals surface area contributed by atoms with Gasteiger partial charge in [0.1, 0.15) is 18.1 Å². The Balaban J connectivity index is 1.33. The molecule has 1 amide bonds. The average molecular weight is 436 g/mol. The van der Waals surface area contributed by atoms with Gasteiger partial charge in [0, 0.05) is 11.2 Å². The van der Waals surface area contributed by atoms with Gasteiger partial charge in [-0.05, 0) is 55.3 Å². The van der Waals surface area contributed by atoms with Gasteiger partial charge < -0.3 is 14.5 Å². The number of aromatic nitrogens is 2. The highest BCUT2D eigenvalue weighted by Crippen LogP contribution is 2.22. The molecule has 2 heterocycles. The third kappa shape index (κ3) is 5.35. The second-order valence-electron chi connectivity index (χ2n) is 7.34. The van der Waals surface area contributed by atoms with Crippen molar-refractivity contribution in [1.29, 1.82) is 0 Å². The van der Waals surface area contributed by atoms with Crippen LogP contribution in [0.15, 0.2) is 71.4 Å². The summed E-state index contributed by atoms with van der Waals surface area (Å²) >= 11 is 6.03. The molecular formula is C24H22ClN3O3. The zero-order valence-corrected chi connectivity index (χ0v) is 18.0. The molecule has 0 aliphatic rings. The highest BCUT2D eigenvalue weighted by Gasteiger charge is 2.13. The molecule has 0 spiro atoms. The minimum atomic E-state index is -0.344. The lowest BCUT2D eigenvalue weighted by atomic mass is 10.1. The maximum absolute atomic E-state index is 12.5. The number of carbonyl (C=O) groups excluding carboxylic acids is 1. The summed E-state index contributed by atoms with van der Waals surface area (Å²) in [7, 11) is 0. The Hall–Kier alpha value is -3.51. The second-order valence-corrected chi connectivity index (χ2v) is 7.74. The Kier molecular flexibility index (Phi) is 6.09. The van der Waals surface area contributed by atoms with Gasteiger partial charge in [0.15, 0.2) is 5.76 Å². The van der Waals surface area contributed by atoms with E-state index >= 15 is 0 Å². The van der Waals surface area contributed by atoms with Gasteiger partial charge in [-0.2, -0.15) is 5.10 Å². The molecule has 0 saturated heterocycles. The van der Waals surface area contributed by atoms with Crippen LogP contribution in [0.4, 0.5) is 5.69 Å². The van der Waals surface area contributed by atoms with Crippen molar-refractivity contribution in [2.45, 2.75) is 27.0 Å². The van der Waals surface area contributed by atoms with Crippen LogP contribution in [0.2, 0.25) is 5.02 Å². The van der Waals surface area contributed by atoms with E-state index in [-0.39, 0.29) is 18.3 Å². The van der Waals surface area contributed by atoms with Crippen LogP contribution in [0.1, 0.15) is 33.0 Å². The molecule has 0 bridgehead atoms. The predicted molar refractivity (Wildman–Crippen MR) is 120 cm³/mol. The summed E-state index contributed by atoms with van der Waals surface area (Å²) in [6, 6.07) is 17.0. The van der Waals surface area contributed by atoms with Gasteiger partial charge in [-0.15, -0.1) is 0 Å². The van der Waals surface area contributed by atoms with Crippen molar-refractivity contribution in [3.63, 3.8) is 0 Å². The molecule has 158 valence electrons. The van der Waals surface area contributed by atoms with Crippen molar-refractivity contribution in [2.24, 2.45) is 0 Å². The number of amides is 1. The Bertz CT molecular complexity index is 1210. The van der Waals surface area contributed by atoms with E-state index in [0.717, 1.165) is 11.1 Å². The Morgan fingerprint density at radius 1 is 1.16 bits per heavy atom. The van der Waals surface area contributed by atoms with E-state index in [4.69, 9.17) is 20.8 Å². The second kappa shape index (κ2) is 9.10. The van der Waals surface area contributed by atoms with Crippen molar-refractivity contribution < 1.29 is 13.9 Å². The third-order valence-corrected chi connectivity index (χ3v) is 5.14. The van der Waals surface area contributed by atoms with Crippen molar-refractivity contribution >= 4 is 23.2 Å². The Morgan fingerprint density at radius 2 is 2.03 bits per heavy atom. The Morgan fingerprint density at radius 3 is 2.84 bits per heavy atom. The zero-order chi connectivity index (χ0) is 21.8. The van der Waals surface area contributed by atoms with Crippen LogP contribution in [0.3, 0.4) is 0 Å². The fourth-order valence-corrected chi connectivity index (χ4v) is 3.26. The third-order valence-electron chi connectivity index (χ3n) is 4.71. The topological polar surface area (TPSA) is 69.3 Å². The molecule has 0 fully saturated rings. The van der Waals surface area contributed by atoms with Crippen LogP contribution < -0.4 is 10.1 Å². The summed E-state index contributed by atoms with van der Waals surface area (Å²) in [4.78, 5) is 12.5. The first-order valence-corrected chi connectivity index (χ1v) is 10.2. The fourth-order valence-electron chi connectivity index (χ4n) is 3.14.